The van der Waals surface area contributed by atoms with Gasteiger partial charge in [0, 0.05) is 6.08 Å². The summed E-state index contributed by atoms with van der Waals surface area (Å²) in [6, 6.07) is 7.59. The first-order chi connectivity index (χ1) is 8.96. The third-order valence-electron chi connectivity index (χ3n) is 2.57. The van der Waals surface area contributed by atoms with E-state index in [1.54, 1.807) is 6.08 Å². The molecular weight excluding hydrogens is 252 g/mol. The van der Waals surface area contributed by atoms with E-state index in [4.69, 9.17) is 5.11 Å². The smallest absolute Gasteiger partial charge is 0.287 e. The summed E-state index contributed by atoms with van der Waals surface area (Å²) in [5, 5.41) is 10.4. The average molecular weight is 269 g/mol. The molecule has 0 bridgehead atoms. The Kier molecular flexibility index (Phi) is 5.63. The molecule has 0 spiro atoms. The van der Waals surface area contributed by atoms with Gasteiger partial charge in [-0.15, -0.1) is 0 Å². The fraction of sp³-hybridized carbons (Fsp3) is 0.357. The van der Waals surface area contributed by atoms with E-state index in [-0.39, 0.29) is 0 Å². The Hall–Kier alpha value is -1.75. The van der Waals surface area contributed by atoms with Gasteiger partial charge in [-0.25, -0.2) is 8.78 Å². The summed E-state index contributed by atoms with van der Waals surface area (Å²) in [4.78, 5) is 11.3. The van der Waals surface area contributed by atoms with E-state index in [1.807, 2.05) is 36.5 Å². The number of hydrogen-bond donors (Lipinski definition) is 2. The summed E-state index contributed by atoms with van der Waals surface area (Å²) >= 11 is 0. The first kappa shape index (κ1) is 15.3. The second-order valence-electron chi connectivity index (χ2n) is 4.16. The standard InChI is InChI=1S/C14H17F2NO2/c1-2-11-3-5-12(6-4-11)7-8-13(19)17-9-14(15,16)10-18/h3-8,18H,2,9-10H2,1H3,(H,17,19)/b8-7+. The van der Waals surface area contributed by atoms with Crippen LogP contribution in [0.1, 0.15) is 18.1 Å². The SMILES string of the molecule is CCc1ccc(/C=C/C(=O)NCC(F)(F)CO)cc1. The minimum absolute atomic E-state index is 0.618. The van der Waals surface area contributed by atoms with Crippen molar-refractivity contribution in [2.45, 2.75) is 19.3 Å². The lowest BCUT2D eigenvalue weighted by Gasteiger charge is -2.12. The van der Waals surface area contributed by atoms with Crippen molar-refractivity contribution >= 4 is 12.0 Å². The molecular formula is C14H17F2NO2. The summed E-state index contributed by atoms with van der Waals surface area (Å²) in [6.07, 6.45) is 3.67. The number of halogens is 2. The number of nitrogens with one attached hydrogen (secondary N) is 1. The number of aliphatic hydroxyl groups excluding tert-OH is 1. The lowest BCUT2D eigenvalue weighted by molar-refractivity contribution is -0.119. The van der Waals surface area contributed by atoms with Gasteiger partial charge in [-0.1, -0.05) is 31.2 Å². The Morgan fingerprint density at radius 1 is 1.37 bits per heavy atom. The quantitative estimate of drug-likeness (QED) is 0.776. The molecule has 0 unspecified atom stereocenters. The minimum Gasteiger partial charge on any atom is -0.390 e. The molecule has 0 radical (unpaired) electrons. The fourth-order valence-electron chi connectivity index (χ4n) is 1.37. The molecule has 0 saturated carbocycles. The minimum atomic E-state index is -3.29. The van der Waals surface area contributed by atoms with Crippen LogP contribution in [-0.4, -0.2) is 30.1 Å². The van der Waals surface area contributed by atoms with Crippen molar-refractivity contribution in [2.75, 3.05) is 13.2 Å². The molecule has 0 heterocycles. The van der Waals surface area contributed by atoms with Crippen LogP contribution in [0.5, 0.6) is 0 Å². The lowest BCUT2D eigenvalue weighted by atomic mass is 10.1. The van der Waals surface area contributed by atoms with Gasteiger partial charge in [0.05, 0.1) is 6.54 Å². The third-order valence-corrected chi connectivity index (χ3v) is 2.57. The normalized spacial score (nSPS) is 11.8. The monoisotopic (exact) mass is 269 g/mol. The van der Waals surface area contributed by atoms with Crippen LogP contribution in [0.25, 0.3) is 6.08 Å². The van der Waals surface area contributed by atoms with Crippen molar-refractivity contribution in [2.24, 2.45) is 0 Å². The number of carbonyl (C=O) groups is 1. The Balaban J connectivity index is 2.49. The van der Waals surface area contributed by atoms with Gasteiger partial charge in [0.2, 0.25) is 5.91 Å². The first-order valence-corrected chi connectivity index (χ1v) is 6.00. The first-order valence-electron chi connectivity index (χ1n) is 6.00. The molecule has 1 amide bonds. The van der Waals surface area contributed by atoms with Crippen LogP contribution in [0.15, 0.2) is 30.3 Å². The van der Waals surface area contributed by atoms with Crippen LogP contribution in [0, 0.1) is 0 Å². The van der Waals surface area contributed by atoms with Crippen molar-refractivity contribution in [1.82, 2.24) is 5.32 Å². The highest BCUT2D eigenvalue weighted by molar-refractivity contribution is 5.91. The van der Waals surface area contributed by atoms with Crippen molar-refractivity contribution in [3.8, 4) is 0 Å². The molecule has 3 nitrogen and oxygen atoms in total. The number of aryl methyl sites for hydroxylation is 1. The molecule has 19 heavy (non-hydrogen) atoms. The van der Waals surface area contributed by atoms with Crippen LogP contribution in [0.2, 0.25) is 0 Å². The van der Waals surface area contributed by atoms with E-state index in [1.165, 1.54) is 11.6 Å². The number of aliphatic hydroxyl groups is 1. The second-order valence-corrected chi connectivity index (χ2v) is 4.16. The van der Waals surface area contributed by atoms with Crippen LogP contribution in [0.4, 0.5) is 8.78 Å². The zero-order valence-electron chi connectivity index (χ0n) is 10.7. The van der Waals surface area contributed by atoms with E-state index < -0.39 is 25.0 Å². The van der Waals surface area contributed by atoms with Crippen molar-refractivity contribution in [3.05, 3.63) is 41.5 Å². The molecule has 0 saturated heterocycles. The molecule has 1 aromatic rings. The second kappa shape index (κ2) is 6.99. The van der Waals surface area contributed by atoms with Crippen molar-refractivity contribution in [1.29, 1.82) is 0 Å². The predicted octanol–water partition coefficient (Wildman–Crippen LogP) is 2.01. The summed E-state index contributed by atoms with van der Waals surface area (Å²) < 4.78 is 25.3. The van der Waals surface area contributed by atoms with Crippen LogP contribution in [-0.2, 0) is 11.2 Å². The molecule has 5 heteroatoms. The molecule has 0 fully saturated rings. The fourth-order valence-corrected chi connectivity index (χ4v) is 1.37. The molecule has 1 aromatic carbocycles. The van der Waals surface area contributed by atoms with Gasteiger partial charge in [0.1, 0.15) is 6.61 Å². The molecule has 0 aliphatic carbocycles. The molecule has 0 atom stereocenters. The number of alkyl halides is 2. The Morgan fingerprint density at radius 3 is 2.53 bits per heavy atom. The average Bonchev–Trinajstić information content (AvgIpc) is 2.43. The van der Waals surface area contributed by atoms with Crippen LogP contribution in [0.3, 0.4) is 0 Å². The van der Waals surface area contributed by atoms with Gasteiger partial charge < -0.3 is 10.4 Å². The van der Waals surface area contributed by atoms with Gasteiger partial charge in [-0.05, 0) is 23.6 Å². The van der Waals surface area contributed by atoms with Gasteiger partial charge in [-0.3, -0.25) is 4.79 Å². The topological polar surface area (TPSA) is 49.3 Å². The highest BCUT2D eigenvalue weighted by Gasteiger charge is 2.27. The maximum Gasteiger partial charge on any atom is 0.287 e. The molecule has 0 aliphatic heterocycles. The molecule has 104 valence electrons. The Labute approximate surface area is 110 Å². The van der Waals surface area contributed by atoms with Gasteiger partial charge in [0.15, 0.2) is 0 Å². The number of rotatable bonds is 6. The number of amides is 1. The number of hydrogen-bond acceptors (Lipinski definition) is 2. The van der Waals surface area contributed by atoms with E-state index >= 15 is 0 Å². The molecule has 0 aliphatic rings. The van der Waals surface area contributed by atoms with Crippen molar-refractivity contribution in [3.63, 3.8) is 0 Å². The number of benzene rings is 1. The highest BCUT2D eigenvalue weighted by Crippen LogP contribution is 2.10. The maximum atomic E-state index is 12.7. The largest absolute Gasteiger partial charge is 0.390 e. The molecule has 2 N–H and O–H groups in total. The van der Waals surface area contributed by atoms with Gasteiger partial charge >= 0.3 is 0 Å². The Bertz CT molecular complexity index is 441. The van der Waals surface area contributed by atoms with E-state index in [0.717, 1.165) is 12.0 Å². The highest BCUT2D eigenvalue weighted by atomic mass is 19.3. The molecule has 1 rings (SSSR count). The third kappa shape index (κ3) is 5.61. The van der Waals surface area contributed by atoms with Crippen LogP contribution < -0.4 is 5.32 Å². The Morgan fingerprint density at radius 2 is 2.00 bits per heavy atom. The van der Waals surface area contributed by atoms with E-state index in [2.05, 4.69) is 0 Å². The maximum absolute atomic E-state index is 12.7. The van der Waals surface area contributed by atoms with Gasteiger partial charge in [0.25, 0.3) is 5.92 Å². The van der Waals surface area contributed by atoms with Gasteiger partial charge in [-0.2, -0.15) is 0 Å². The molecule has 0 aromatic heterocycles. The van der Waals surface area contributed by atoms with Crippen LogP contribution >= 0.6 is 0 Å². The van der Waals surface area contributed by atoms with Crippen molar-refractivity contribution < 1.29 is 18.7 Å². The zero-order valence-corrected chi connectivity index (χ0v) is 10.7. The zero-order chi connectivity index (χ0) is 14.3. The summed E-state index contributed by atoms with van der Waals surface area (Å²) in [5.74, 6) is -3.90. The van der Waals surface area contributed by atoms with E-state index in [0.29, 0.717) is 0 Å². The summed E-state index contributed by atoms with van der Waals surface area (Å²) in [5.41, 5.74) is 2.01. The summed E-state index contributed by atoms with van der Waals surface area (Å²) in [7, 11) is 0. The predicted molar refractivity (Wildman–Crippen MR) is 69.9 cm³/mol. The van der Waals surface area contributed by atoms with E-state index in [9.17, 15) is 13.6 Å². The summed E-state index contributed by atoms with van der Waals surface area (Å²) in [6.45, 7) is -0.115. The number of carbonyl (C=O) groups excluding carboxylic acids is 1. The lowest BCUT2D eigenvalue weighted by Crippen LogP contribution is -2.38.